The second-order valence-electron chi connectivity index (χ2n) is 6.28. The molecule has 5 heteroatoms. The number of benzene rings is 1. The average Bonchev–Trinajstić information content (AvgIpc) is 2.55. The summed E-state index contributed by atoms with van der Waals surface area (Å²) < 4.78 is 0. The van der Waals surface area contributed by atoms with E-state index in [4.69, 9.17) is 11.6 Å². The Morgan fingerprint density at radius 3 is 2.59 bits per heavy atom. The predicted octanol–water partition coefficient (Wildman–Crippen LogP) is 3.27. The molecule has 0 aliphatic carbocycles. The van der Waals surface area contributed by atoms with Gasteiger partial charge in [-0.1, -0.05) is 23.7 Å². The van der Waals surface area contributed by atoms with Gasteiger partial charge in [0.2, 0.25) is 0 Å². The molecule has 1 atom stereocenters. The van der Waals surface area contributed by atoms with Crippen molar-refractivity contribution in [3.05, 3.63) is 29.3 Å². The lowest BCUT2D eigenvalue weighted by atomic mass is 9.96. The van der Waals surface area contributed by atoms with Gasteiger partial charge < -0.3 is 10.2 Å². The molecule has 3 nitrogen and oxygen atoms in total. The number of halogens is 2. The van der Waals surface area contributed by atoms with Crippen molar-refractivity contribution in [2.24, 2.45) is 5.92 Å². The Labute approximate surface area is 145 Å². The summed E-state index contributed by atoms with van der Waals surface area (Å²) in [6, 6.07) is 8.19. The lowest BCUT2D eigenvalue weighted by molar-refractivity contribution is 0.226. The van der Waals surface area contributed by atoms with Crippen LogP contribution in [-0.4, -0.2) is 50.7 Å². The minimum atomic E-state index is 0. The Kier molecular flexibility index (Phi) is 7.29. The van der Waals surface area contributed by atoms with Gasteiger partial charge in [-0.05, 0) is 56.9 Å². The van der Waals surface area contributed by atoms with Crippen LogP contribution in [-0.2, 0) is 0 Å². The van der Waals surface area contributed by atoms with Crippen LogP contribution >= 0.6 is 24.0 Å². The zero-order valence-corrected chi connectivity index (χ0v) is 14.7. The van der Waals surface area contributed by atoms with E-state index >= 15 is 0 Å². The number of anilines is 1. The number of rotatable bonds is 4. The minimum absolute atomic E-state index is 0. The number of para-hydroxylation sites is 1. The fourth-order valence-corrected chi connectivity index (χ4v) is 3.71. The molecule has 2 aliphatic rings. The monoisotopic (exact) mass is 343 g/mol. The van der Waals surface area contributed by atoms with E-state index in [2.05, 4.69) is 27.2 Å². The van der Waals surface area contributed by atoms with Crippen LogP contribution in [0.4, 0.5) is 5.69 Å². The van der Waals surface area contributed by atoms with E-state index in [9.17, 15) is 0 Å². The molecule has 2 aliphatic heterocycles. The Hall–Kier alpha value is -0.480. The Bertz CT molecular complexity index is 441. The van der Waals surface area contributed by atoms with Crippen LogP contribution in [0.3, 0.4) is 0 Å². The highest BCUT2D eigenvalue weighted by Gasteiger charge is 2.20. The van der Waals surface area contributed by atoms with Crippen LogP contribution in [0.2, 0.25) is 5.02 Å². The summed E-state index contributed by atoms with van der Waals surface area (Å²) in [5.41, 5.74) is 1.19. The molecule has 0 spiro atoms. The fourth-order valence-electron chi connectivity index (χ4n) is 3.46. The number of piperazine rings is 1. The van der Waals surface area contributed by atoms with Crippen LogP contribution in [0.5, 0.6) is 0 Å². The lowest BCUT2D eigenvalue weighted by Crippen LogP contribution is -2.47. The molecular weight excluding hydrogens is 317 g/mol. The molecule has 2 saturated heterocycles. The van der Waals surface area contributed by atoms with Crippen molar-refractivity contribution in [1.29, 1.82) is 0 Å². The third kappa shape index (κ3) is 4.76. The summed E-state index contributed by atoms with van der Waals surface area (Å²) in [4.78, 5) is 5.03. The van der Waals surface area contributed by atoms with Crippen LogP contribution in [0.1, 0.15) is 19.3 Å². The maximum Gasteiger partial charge on any atom is 0.0639 e. The zero-order chi connectivity index (χ0) is 14.5. The molecule has 1 aromatic carbocycles. The minimum Gasteiger partial charge on any atom is -0.368 e. The maximum absolute atomic E-state index is 6.29. The second kappa shape index (κ2) is 8.97. The zero-order valence-electron chi connectivity index (χ0n) is 13.1. The summed E-state index contributed by atoms with van der Waals surface area (Å²) in [7, 11) is 0. The van der Waals surface area contributed by atoms with Gasteiger partial charge in [-0.25, -0.2) is 0 Å². The van der Waals surface area contributed by atoms with E-state index in [1.54, 1.807) is 0 Å². The quantitative estimate of drug-likeness (QED) is 0.904. The Morgan fingerprint density at radius 1 is 1.14 bits per heavy atom. The topological polar surface area (TPSA) is 18.5 Å². The van der Waals surface area contributed by atoms with E-state index in [1.807, 2.05) is 12.1 Å². The number of hydrogen-bond donors (Lipinski definition) is 1. The van der Waals surface area contributed by atoms with E-state index < -0.39 is 0 Å². The van der Waals surface area contributed by atoms with Gasteiger partial charge in [-0.15, -0.1) is 12.4 Å². The number of hydrogen-bond acceptors (Lipinski definition) is 3. The summed E-state index contributed by atoms with van der Waals surface area (Å²) >= 11 is 6.29. The van der Waals surface area contributed by atoms with Crippen LogP contribution in [0.15, 0.2) is 24.3 Å². The lowest BCUT2D eigenvalue weighted by Gasteiger charge is -2.37. The van der Waals surface area contributed by atoms with Crippen molar-refractivity contribution >= 4 is 29.7 Å². The van der Waals surface area contributed by atoms with Gasteiger partial charge in [-0.3, -0.25) is 4.90 Å². The fraction of sp³-hybridized carbons (Fsp3) is 0.647. The van der Waals surface area contributed by atoms with Crippen LogP contribution < -0.4 is 10.2 Å². The van der Waals surface area contributed by atoms with E-state index in [1.165, 1.54) is 44.6 Å². The summed E-state index contributed by atoms with van der Waals surface area (Å²) in [5.74, 6) is 0.889. The molecule has 1 N–H and O–H groups in total. The summed E-state index contributed by atoms with van der Waals surface area (Å²) in [6.07, 6.45) is 4.11. The average molecular weight is 344 g/mol. The van der Waals surface area contributed by atoms with E-state index in [0.717, 1.165) is 37.1 Å². The molecule has 1 unspecified atom stereocenters. The first kappa shape index (κ1) is 17.9. The molecule has 0 aromatic heterocycles. The van der Waals surface area contributed by atoms with Crippen molar-refractivity contribution in [3.8, 4) is 0 Å². The first-order chi connectivity index (χ1) is 10.3. The van der Waals surface area contributed by atoms with Gasteiger partial charge in [0.1, 0.15) is 0 Å². The largest absolute Gasteiger partial charge is 0.368 e. The number of nitrogens with one attached hydrogen (secondary N) is 1. The van der Waals surface area contributed by atoms with E-state index in [-0.39, 0.29) is 12.4 Å². The van der Waals surface area contributed by atoms with Crippen molar-refractivity contribution in [2.45, 2.75) is 19.3 Å². The van der Waals surface area contributed by atoms with Crippen molar-refractivity contribution in [3.63, 3.8) is 0 Å². The van der Waals surface area contributed by atoms with E-state index in [0.29, 0.717) is 0 Å². The number of nitrogens with zero attached hydrogens (tertiary/aromatic N) is 2. The first-order valence-electron chi connectivity index (χ1n) is 8.25. The molecule has 1 aromatic rings. The maximum atomic E-state index is 6.29. The molecule has 3 rings (SSSR count). The molecule has 0 amide bonds. The molecule has 124 valence electrons. The third-order valence-corrected chi connectivity index (χ3v) is 5.14. The summed E-state index contributed by atoms with van der Waals surface area (Å²) in [5, 5.41) is 4.39. The highest BCUT2D eigenvalue weighted by molar-refractivity contribution is 6.33. The summed E-state index contributed by atoms with van der Waals surface area (Å²) in [6.45, 7) is 8.19. The SMILES string of the molecule is Cl.Clc1ccccc1N1CCN(CCC2CCCNC2)CC1. The Morgan fingerprint density at radius 2 is 1.91 bits per heavy atom. The molecule has 22 heavy (non-hydrogen) atoms. The van der Waals surface area contributed by atoms with Gasteiger partial charge in [-0.2, -0.15) is 0 Å². The van der Waals surface area contributed by atoms with Crippen molar-refractivity contribution in [1.82, 2.24) is 10.2 Å². The standard InChI is InChI=1S/C17H26ClN3.ClH/c18-16-5-1-2-6-17(16)21-12-10-20(11-13-21)9-7-15-4-3-8-19-14-15;/h1-2,5-6,15,19H,3-4,7-14H2;1H. The second-order valence-corrected chi connectivity index (χ2v) is 6.69. The third-order valence-electron chi connectivity index (χ3n) is 4.82. The van der Waals surface area contributed by atoms with Crippen LogP contribution in [0.25, 0.3) is 0 Å². The first-order valence-corrected chi connectivity index (χ1v) is 8.63. The smallest absolute Gasteiger partial charge is 0.0639 e. The molecule has 0 bridgehead atoms. The molecule has 2 heterocycles. The normalized spacial score (nSPS) is 23.1. The molecule has 0 saturated carbocycles. The molecular formula is C17H27Cl2N3. The molecule has 2 fully saturated rings. The Balaban J connectivity index is 0.00000176. The highest BCUT2D eigenvalue weighted by Crippen LogP contribution is 2.26. The van der Waals surface area contributed by atoms with Gasteiger partial charge in [0.05, 0.1) is 10.7 Å². The van der Waals surface area contributed by atoms with Crippen molar-refractivity contribution < 1.29 is 0 Å². The van der Waals surface area contributed by atoms with Gasteiger partial charge in [0.15, 0.2) is 0 Å². The van der Waals surface area contributed by atoms with Gasteiger partial charge in [0, 0.05) is 26.2 Å². The van der Waals surface area contributed by atoms with Crippen molar-refractivity contribution in [2.75, 3.05) is 50.7 Å². The van der Waals surface area contributed by atoms with Gasteiger partial charge >= 0.3 is 0 Å². The molecule has 0 radical (unpaired) electrons. The van der Waals surface area contributed by atoms with Gasteiger partial charge in [0.25, 0.3) is 0 Å². The van der Waals surface area contributed by atoms with Crippen LogP contribution in [0, 0.1) is 5.92 Å². The highest BCUT2D eigenvalue weighted by atomic mass is 35.5. The predicted molar refractivity (Wildman–Crippen MR) is 97.6 cm³/mol. The number of piperidine rings is 1.